The van der Waals surface area contributed by atoms with E-state index in [1.807, 2.05) is 0 Å². The molecular formula is C16H19FO2. The van der Waals surface area contributed by atoms with Gasteiger partial charge >= 0.3 is 0 Å². The molecule has 0 aliphatic heterocycles. The summed E-state index contributed by atoms with van der Waals surface area (Å²) in [6.45, 7) is 4.12. The van der Waals surface area contributed by atoms with Gasteiger partial charge in [-0.25, -0.2) is 4.39 Å². The lowest BCUT2D eigenvalue weighted by Crippen LogP contribution is -2.21. The van der Waals surface area contributed by atoms with Gasteiger partial charge in [0.1, 0.15) is 0 Å². The zero-order valence-electron chi connectivity index (χ0n) is 11.4. The lowest BCUT2D eigenvalue weighted by molar-refractivity contribution is 0.101. The van der Waals surface area contributed by atoms with Crippen molar-refractivity contribution >= 4 is 5.78 Å². The minimum Gasteiger partial charge on any atom is -0.490 e. The second-order valence-electron chi connectivity index (χ2n) is 5.19. The number of hydrogen-bond acceptors (Lipinski definition) is 2. The number of carbonyl (C=O) groups is 1. The first-order chi connectivity index (χ1) is 9.08. The zero-order valence-corrected chi connectivity index (χ0v) is 11.4. The smallest absolute Gasteiger partial charge is 0.165 e. The molecule has 1 aromatic rings. The predicted molar refractivity (Wildman–Crippen MR) is 72.9 cm³/mol. The summed E-state index contributed by atoms with van der Waals surface area (Å²) < 4.78 is 19.3. The molecule has 19 heavy (non-hydrogen) atoms. The average Bonchev–Trinajstić information content (AvgIpc) is 2.39. The molecule has 0 saturated heterocycles. The van der Waals surface area contributed by atoms with Crippen LogP contribution in [-0.2, 0) is 0 Å². The first-order valence-corrected chi connectivity index (χ1v) is 6.66. The monoisotopic (exact) mass is 262 g/mol. The maximum atomic E-state index is 13.8. The Kier molecular flexibility index (Phi) is 4.35. The summed E-state index contributed by atoms with van der Waals surface area (Å²) in [5.41, 5.74) is 0.374. The normalized spacial score (nSPS) is 22.3. The van der Waals surface area contributed by atoms with Crippen molar-refractivity contribution in [2.75, 3.05) is 6.61 Å². The Morgan fingerprint density at radius 3 is 2.74 bits per heavy atom. The van der Waals surface area contributed by atoms with Gasteiger partial charge in [-0.1, -0.05) is 19.1 Å². The van der Waals surface area contributed by atoms with Crippen molar-refractivity contribution in [3.63, 3.8) is 0 Å². The molecule has 0 fully saturated rings. The van der Waals surface area contributed by atoms with Gasteiger partial charge in [0, 0.05) is 5.56 Å². The summed E-state index contributed by atoms with van der Waals surface area (Å²) in [4.78, 5) is 11.1. The van der Waals surface area contributed by atoms with E-state index in [-0.39, 0.29) is 11.5 Å². The highest BCUT2D eigenvalue weighted by molar-refractivity contribution is 5.94. The molecule has 0 heterocycles. The molecule has 1 aliphatic rings. The molecule has 0 saturated carbocycles. The highest BCUT2D eigenvalue weighted by Gasteiger charge is 2.19. The molecule has 0 N–H and O–H groups in total. The number of benzene rings is 1. The van der Waals surface area contributed by atoms with Crippen LogP contribution >= 0.6 is 0 Å². The Bertz CT molecular complexity index is 494. The van der Waals surface area contributed by atoms with Crippen molar-refractivity contribution in [3.8, 4) is 5.75 Å². The van der Waals surface area contributed by atoms with Crippen molar-refractivity contribution < 1.29 is 13.9 Å². The van der Waals surface area contributed by atoms with E-state index in [0.717, 1.165) is 12.8 Å². The van der Waals surface area contributed by atoms with Gasteiger partial charge < -0.3 is 4.74 Å². The number of rotatable bonds is 4. The fourth-order valence-electron chi connectivity index (χ4n) is 2.27. The Labute approximate surface area is 113 Å². The van der Waals surface area contributed by atoms with Crippen molar-refractivity contribution in [1.29, 1.82) is 0 Å². The standard InChI is InChI=1S/C16H19FO2/c1-11-5-3-4-6-14(11)10-19-16-8-7-13(12(2)18)9-15(16)17/h3-4,7-9,11,14H,5-6,10H2,1-2H3. The van der Waals surface area contributed by atoms with Crippen LogP contribution in [0.5, 0.6) is 5.75 Å². The van der Waals surface area contributed by atoms with Crippen LogP contribution < -0.4 is 4.74 Å². The molecule has 3 heteroatoms. The van der Waals surface area contributed by atoms with E-state index >= 15 is 0 Å². The second kappa shape index (κ2) is 6.00. The molecule has 0 aromatic heterocycles. The van der Waals surface area contributed by atoms with Crippen LogP contribution in [-0.4, -0.2) is 12.4 Å². The lowest BCUT2D eigenvalue weighted by atomic mass is 9.85. The summed E-state index contributed by atoms with van der Waals surface area (Å²) in [5.74, 6) is 0.608. The predicted octanol–water partition coefficient (Wildman–Crippen LogP) is 4.01. The van der Waals surface area contributed by atoms with Crippen molar-refractivity contribution in [3.05, 3.63) is 41.7 Å². The van der Waals surface area contributed by atoms with Gasteiger partial charge in [-0.15, -0.1) is 0 Å². The first-order valence-electron chi connectivity index (χ1n) is 6.66. The van der Waals surface area contributed by atoms with Crippen molar-refractivity contribution in [2.24, 2.45) is 11.8 Å². The van der Waals surface area contributed by atoms with Crippen molar-refractivity contribution in [2.45, 2.75) is 26.7 Å². The summed E-state index contributed by atoms with van der Waals surface area (Å²) >= 11 is 0. The van der Waals surface area contributed by atoms with Crippen LogP contribution in [0.4, 0.5) is 4.39 Å². The number of ketones is 1. The second-order valence-corrected chi connectivity index (χ2v) is 5.19. The van der Waals surface area contributed by atoms with E-state index in [0.29, 0.717) is 24.0 Å². The highest BCUT2D eigenvalue weighted by Crippen LogP contribution is 2.27. The fourth-order valence-corrected chi connectivity index (χ4v) is 2.27. The Morgan fingerprint density at radius 2 is 2.11 bits per heavy atom. The van der Waals surface area contributed by atoms with Crippen LogP contribution in [0.15, 0.2) is 30.4 Å². The van der Waals surface area contributed by atoms with Gasteiger partial charge in [-0.3, -0.25) is 4.79 Å². The first kappa shape index (κ1) is 13.8. The fraction of sp³-hybridized carbons (Fsp3) is 0.438. The van der Waals surface area contributed by atoms with Gasteiger partial charge in [0.25, 0.3) is 0 Å². The van der Waals surface area contributed by atoms with E-state index < -0.39 is 5.82 Å². The van der Waals surface area contributed by atoms with Gasteiger partial charge in [0.15, 0.2) is 17.3 Å². The number of ether oxygens (including phenoxy) is 1. The molecule has 1 aliphatic carbocycles. The highest BCUT2D eigenvalue weighted by atomic mass is 19.1. The number of hydrogen-bond donors (Lipinski definition) is 0. The zero-order chi connectivity index (χ0) is 13.8. The lowest BCUT2D eigenvalue weighted by Gasteiger charge is -2.25. The molecule has 0 amide bonds. The Morgan fingerprint density at radius 1 is 1.37 bits per heavy atom. The Balaban J connectivity index is 1.99. The molecule has 2 rings (SSSR count). The molecular weight excluding hydrogens is 243 g/mol. The minimum absolute atomic E-state index is 0.142. The largest absolute Gasteiger partial charge is 0.490 e. The average molecular weight is 262 g/mol. The summed E-state index contributed by atoms with van der Waals surface area (Å²) in [6, 6.07) is 4.38. The maximum absolute atomic E-state index is 13.8. The molecule has 0 bridgehead atoms. The number of Topliss-reactive ketones (excluding diaryl/α,β-unsaturated/α-hetero) is 1. The van der Waals surface area contributed by atoms with E-state index in [4.69, 9.17) is 4.74 Å². The van der Waals surface area contributed by atoms with Crippen LogP contribution in [0.1, 0.15) is 37.0 Å². The summed E-state index contributed by atoms with van der Waals surface area (Å²) in [6.07, 6.45) is 6.38. The summed E-state index contributed by atoms with van der Waals surface area (Å²) in [5, 5.41) is 0. The van der Waals surface area contributed by atoms with Gasteiger partial charge in [0.2, 0.25) is 0 Å². The van der Waals surface area contributed by atoms with Crippen LogP contribution in [0, 0.1) is 17.7 Å². The topological polar surface area (TPSA) is 26.3 Å². The number of allylic oxidation sites excluding steroid dienone is 2. The van der Waals surface area contributed by atoms with Gasteiger partial charge in [-0.05, 0) is 49.8 Å². The minimum atomic E-state index is -0.466. The summed E-state index contributed by atoms with van der Waals surface area (Å²) in [7, 11) is 0. The molecule has 2 atom stereocenters. The van der Waals surface area contributed by atoms with E-state index in [2.05, 4.69) is 19.1 Å². The third kappa shape index (κ3) is 3.43. The van der Waals surface area contributed by atoms with Crippen LogP contribution in [0.3, 0.4) is 0 Å². The number of carbonyl (C=O) groups excluding carboxylic acids is 1. The molecule has 102 valence electrons. The molecule has 1 aromatic carbocycles. The molecule has 0 spiro atoms. The molecule has 2 nitrogen and oxygen atoms in total. The van der Waals surface area contributed by atoms with E-state index in [1.165, 1.54) is 19.1 Å². The van der Waals surface area contributed by atoms with Crippen molar-refractivity contribution in [1.82, 2.24) is 0 Å². The maximum Gasteiger partial charge on any atom is 0.165 e. The van der Waals surface area contributed by atoms with Crippen LogP contribution in [0.2, 0.25) is 0 Å². The third-order valence-electron chi connectivity index (χ3n) is 3.71. The van der Waals surface area contributed by atoms with Crippen LogP contribution in [0.25, 0.3) is 0 Å². The van der Waals surface area contributed by atoms with E-state index in [9.17, 15) is 9.18 Å². The molecule has 0 radical (unpaired) electrons. The van der Waals surface area contributed by atoms with Gasteiger partial charge in [0.05, 0.1) is 6.61 Å². The SMILES string of the molecule is CC(=O)c1ccc(OCC2CC=CCC2C)c(F)c1. The molecule has 2 unspecified atom stereocenters. The quantitative estimate of drug-likeness (QED) is 0.605. The van der Waals surface area contributed by atoms with Gasteiger partial charge in [-0.2, -0.15) is 0 Å². The van der Waals surface area contributed by atoms with E-state index in [1.54, 1.807) is 6.07 Å². The third-order valence-corrected chi connectivity index (χ3v) is 3.71. The Hall–Kier alpha value is -1.64. The number of halogens is 1.